The molecule has 0 aliphatic carbocycles. The fourth-order valence-corrected chi connectivity index (χ4v) is 2.87. The molecule has 1 atom stereocenters. The zero-order chi connectivity index (χ0) is 15.5. The molecule has 0 bridgehead atoms. The molecule has 7 heteroatoms. The molecule has 1 aromatic heterocycles. The molecule has 122 valence electrons. The minimum absolute atomic E-state index is 0.155. The third-order valence-electron chi connectivity index (χ3n) is 4.34. The number of ether oxygens (including phenoxy) is 1. The van der Waals surface area contributed by atoms with E-state index < -0.39 is 0 Å². The van der Waals surface area contributed by atoms with Crippen molar-refractivity contribution in [1.29, 1.82) is 0 Å². The summed E-state index contributed by atoms with van der Waals surface area (Å²) in [7, 11) is 0. The Morgan fingerprint density at radius 3 is 2.68 bits per heavy atom. The molecule has 2 fully saturated rings. The van der Waals surface area contributed by atoms with Gasteiger partial charge in [-0.05, 0) is 13.8 Å². The third kappa shape index (κ3) is 3.48. The minimum Gasteiger partial charge on any atom is -0.444 e. The van der Waals surface area contributed by atoms with Gasteiger partial charge in [-0.3, -0.25) is 9.69 Å². The van der Waals surface area contributed by atoms with Crippen LogP contribution in [-0.2, 0) is 16.1 Å². The van der Waals surface area contributed by atoms with Crippen LogP contribution in [0.15, 0.2) is 4.42 Å². The molecule has 2 aliphatic heterocycles. The Hall–Kier alpha value is -1.44. The van der Waals surface area contributed by atoms with E-state index in [1.165, 1.54) is 0 Å². The predicted octanol–water partition coefficient (Wildman–Crippen LogP) is -0.0760. The van der Waals surface area contributed by atoms with Gasteiger partial charge in [-0.2, -0.15) is 0 Å². The summed E-state index contributed by atoms with van der Waals surface area (Å²) in [5.41, 5.74) is 0.951. The maximum atomic E-state index is 12.4. The average molecular weight is 308 g/mol. The number of oxazole rings is 1. The van der Waals surface area contributed by atoms with Crippen LogP contribution in [0.5, 0.6) is 0 Å². The van der Waals surface area contributed by atoms with Crippen LogP contribution in [0.25, 0.3) is 0 Å². The first-order valence-electron chi connectivity index (χ1n) is 7.88. The highest BCUT2D eigenvalue weighted by Gasteiger charge is 2.29. The summed E-state index contributed by atoms with van der Waals surface area (Å²) in [6.45, 7) is 9.70. The van der Waals surface area contributed by atoms with Crippen LogP contribution in [0.2, 0.25) is 0 Å². The number of amides is 1. The lowest BCUT2D eigenvalue weighted by Crippen LogP contribution is -2.57. The Kier molecular flexibility index (Phi) is 4.75. The SMILES string of the molecule is Cc1nc(CN2CCN(C(=O)[C@H]3COCCN3)CC2)oc1C. The Bertz CT molecular complexity index is 497. The van der Waals surface area contributed by atoms with E-state index in [9.17, 15) is 4.79 Å². The Morgan fingerprint density at radius 2 is 2.09 bits per heavy atom. The molecule has 3 heterocycles. The van der Waals surface area contributed by atoms with E-state index in [-0.39, 0.29) is 11.9 Å². The van der Waals surface area contributed by atoms with Crippen LogP contribution >= 0.6 is 0 Å². The maximum Gasteiger partial charge on any atom is 0.242 e. The monoisotopic (exact) mass is 308 g/mol. The van der Waals surface area contributed by atoms with Crippen molar-refractivity contribution in [3.05, 3.63) is 17.3 Å². The number of morpholine rings is 1. The summed E-state index contributed by atoms with van der Waals surface area (Å²) in [6, 6.07) is -0.183. The zero-order valence-electron chi connectivity index (χ0n) is 13.3. The second kappa shape index (κ2) is 6.76. The quantitative estimate of drug-likeness (QED) is 0.842. The Labute approximate surface area is 130 Å². The van der Waals surface area contributed by atoms with Gasteiger partial charge in [0.15, 0.2) is 0 Å². The van der Waals surface area contributed by atoms with Crippen LogP contribution < -0.4 is 5.32 Å². The van der Waals surface area contributed by atoms with Crippen LogP contribution in [0.4, 0.5) is 0 Å². The highest BCUT2D eigenvalue weighted by atomic mass is 16.5. The van der Waals surface area contributed by atoms with Gasteiger partial charge in [0.2, 0.25) is 11.8 Å². The van der Waals surface area contributed by atoms with E-state index in [4.69, 9.17) is 9.15 Å². The summed E-state index contributed by atoms with van der Waals surface area (Å²) >= 11 is 0. The summed E-state index contributed by atoms with van der Waals surface area (Å²) in [6.07, 6.45) is 0. The average Bonchev–Trinajstić information content (AvgIpc) is 2.86. The van der Waals surface area contributed by atoms with Gasteiger partial charge in [-0.25, -0.2) is 4.98 Å². The number of hydrogen-bond donors (Lipinski definition) is 1. The molecule has 1 amide bonds. The van der Waals surface area contributed by atoms with E-state index in [0.29, 0.717) is 19.8 Å². The summed E-state index contributed by atoms with van der Waals surface area (Å²) in [5.74, 6) is 1.80. The van der Waals surface area contributed by atoms with Crippen molar-refractivity contribution >= 4 is 5.91 Å². The number of carbonyl (C=O) groups is 1. The molecule has 3 rings (SSSR count). The van der Waals surface area contributed by atoms with Gasteiger partial charge < -0.3 is 19.4 Å². The summed E-state index contributed by atoms with van der Waals surface area (Å²) in [4.78, 5) is 21.0. The van der Waals surface area contributed by atoms with Gasteiger partial charge in [0.05, 0.1) is 25.5 Å². The fourth-order valence-electron chi connectivity index (χ4n) is 2.87. The number of hydrogen-bond acceptors (Lipinski definition) is 6. The van der Waals surface area contributed by atoms with Gasteiger partial charge in [-0.15, -0.1) is 0 Å². The van der Waals surface area contributed by atoms with Crippen molar-refractivity contribution < 1.29 is 13.9 Å². The van der Waals surface area contributed by atoms with Gasteiger partial charge in [0.1, 0.15) is 11.8 Å². The molecule has 2 aliphatic rings. The van der Waals surface area contributed by atoms with Crippen molar-refractivity contribution in [1.82, 2.24) is 20.1 Å². The molecule has 0 spiro atoms. The zero-order valence-corrected chi connectivity index (χ0v) is 13.3. The first-order valence-corrected chi connectivity index (χ1v) is 7.88. The van der Waals surface area contributed by atoms with Crippen LogP contribution in [-0.4, -0.2) is 72.7 Å². The molecule has 22 heavy (non-hydrogen) atoms. The van der Waals surface area contributed by atoms with Crippen molar-refractivity contribution in [3.63, 3.8) is 0 Å². The lowest BCUT2D eigenvalue weighted by Gasteiger charge is -2.36. The van der Waals surface area contributed by atoms with E-state index in [1.54, 1.807) is 0 Å². The normalized spacial score (nSPS) is 23.7. The van der Waals surface area contributed by atoms with E-state index in [1.807, 2.05) is 18.7 Å². The lowest BCUT2D eigenvalue weighted by atomic mass is 10.2. The standard InChI is InChI=1S/C15H24N4O3/c1-11-12(2)22-14(17-11)9-18-4-6-19(7-5-18)15(20)13-10-21-8-3-16-13/h13,16H,3-10H2,1-2H3/t13-/m1/s1. The topological polar surface area (TPSA) is 70.8 Å². The number of nitrogens with zero attached hydrogens (tertiary/aromatic N) is 3. The summed E-state index contributed by atoms with van der Waals surface area (Å²) in [5, 5.41) is 3.22. The van der Waals surface area contributed by atoms with E-state index >= 15 is 0 Å². The maximum absolute atomic E-state index is 12.4. The number of piperazine rings is 1. The second-order valence-corrected chi connectivity index (χ2v) is 5.93. The largest absolute Gasteiger partial charge is 0.444 e. The number of aryl methyl sites for hydroxylation is 2. The van der Waals surface area contributed by atoms with Crippen molar-refractivity contribution in [3.8, 4) is 0 Å². The molecule has 0 unspecified atom stereocenters. The third-order valence-corrected chi connectivity index (χ3v) is 4.34. The summed E-state index contributed by atoms with van der Waals surface area (Å²) < 4.78 is 11.0. The molecule has 7 nitrogen and oxygen atoms in total. The van der Waals surface area contributed by atoms with Crippen molar-refractivity contribution in [2.45, 2.75) is 26.4 Å². The smallest absolute Gasteiger partial charge is 0.242 e. The minimum atomic E-state index is -0.183. The van der Waals surface area contributed by atoms with Gasteiger partial charge in [0.25, 0.3) is 0 Å². The van der Waals surface area contributed by atoms with Crippen LogP contribution in [0.3, 0.4) is 0 Å². The predicted molar refractivity (Wildman–Crippen MR) is 80.4 cm³/mol. The number of rotatable bonds is 3. The van der Waals surface area contributed by atoms with Gasteiger partial charge >= 0.3 is 0 Å². The van der Waals surface area contributed by atoms with E-state index in [2.05, 4.69) is 15.2 Å². The van der Waals surface area contributed by atoms with Crippen molar-refractivity contribution in [2.24, 2.45) is 0 Å². The molecule has 0 radical (unpaired) electrons. The van der Waals surface area contributed by atoms with Crippen molar-refractivity contribution in [2.75, 3.05) is 45.9 Å². The molecule has 2 saturated heterocycles. The highest BCUT2D eigenvalue weighted by molar-refractivity contribution is 5.82. The van der Waals surface area contributed by atoms with Gasteiger partial charge in [-0.1, -0.05) is 0 Å². The van der Waals surface area contributed by atoms with E-state index in [0.717, 1.165) is 50.1 Å². The molecular weight excluding hydrogens is 284 g/mol. The fraction of sp³-hybridized carbons (Fsp3) is 0.733. The number of aromatic nitrogens is 1. The molecular formula is C15H24N4O3. The Morgan fingerprint density at radius 1 is 1.32 bits per heavy atom. The van der Waals surface area contributed by atoms with Gasteiger partial charge in [0, 0.05) is 32.7 Å². The van der Waals surface area contributed by atoms with Crippen LogP contribution in [0.1, 0.15) is 17.3 Å². The first-order chi connectivity index (χ1) is 10.6. The molecule has 1 N–H and O–H groups in total. The molecule has 0 saturated carbocycles. The number of carbonyl (C=O) groups excluding carboxylic acids is 1. The first kappa shape index (κ1) is 15.5. The Balaban J connectivity index is 1.48. The second-order valence-electron chi connectivity index (χ2n) is 5.93. The lowest BCUT2D eigenvalue weighted by molar-refractivity contribution is -0.138. The molecule has 1 aromatic rings. The van der Waals surface area contributed by atoms with Crippen LogP contribution in [0, 0.1) is 13.8 Å². The number of nitrogens with one attached hydrogen (secondary N) is 1. The highest BCUT2D eigenvalue weighted by Crippen LogP contribution is 2.13. The molecule has 0 aromatic carbocycles.